The van der Waals surface area contributed by atoms with Crippen molar-refractivity contribution < 1.29 is 10.1 Å². The van der Waals surface area contributed by atoms with Gasteiger partial charge in [-0.15, -0.1) is 0 Å². The van der Waals surface area contributed by atoms with Crippen LogP contribution in [0.1, 0.15) is 17.0 Å². The molecule has 1 N–H and O–H groups in total. The first-order valence-electron chi connectivity index (χ1n) is 5.66. The molecule has 1 aromatic carbocycles. The minimum Gasteiger partial charge on any atom is -0.411 e. The third-order valence-corrected chi connectivity index (χ3v) is 2.99. The lowest BCUT2D eigenvalue weighted by Crippen LogP contribution is -2.00. The lowest BCUT2D eigenvalue weighted by Gasteiger charge is -2.09. The van der Waals surface area contributed by atoms with Gasteiger partial charge in [-0.3, -0.25) is 10.1 Å². The number of aromatic nitrogens is 1. The van der Waals surface area contributed by atoms with Crippen LogP contribution in [0.15, 0.2) is 35.5 Å². The molecule has 2 rings (SSSR count). The highest BCUT2D eigenvalue weighted by molar-refractivity contribution is 5.81. The zero-order chi connectivity index (χ0) is 14.0. The summed E-state index contributed by atoms with van der Waals surface area (Å²) in [6.45, 7) is 3.81. The molecule has 2 aromatic rings. The van der Waals surface area contributed by atoms with Crippen LogP contribution in [0, 0.1) is 24.0 Å². The van der Waals surface area contributed by atoms with Crippen LogP contribution in [-0.4, -0.2) is 20.9 Å². The van der Waals surface area contributed by atoms with E-state index in [0.717, 1.165) is 22.6 Å². The van der Waals surface area contributed by atoms with E-state index in [9.17, 15) is 10.1 Å². The van der Waals surface area contributed by atoms with Crippen molar-refractivity contribution in [3.8, 4) is 5.69 Å². The van der Waals surface area contributed by atoms with Crippen molar-refractivity contribution in [3.05, 3.63) is 57.4 Å². The summed E-state index contributed by atoms with van der Waals surface area (Å²) in [6, 6.07) is 8.20. The first-order chi connectivity index (χ1) is 9.04. The van der Waals surface area contributed by atoms with Crippen molar-refractivity contribution in [3.63, 3.8) is 0 Å². The number of hydrogen-bond acceptors (Lipinski definition) is 4. The summed E-state index contributed by atoms with van der Waals surface area (Å²) in [5, 5.41) is 22.2. The van der Waals surface area contributed by atoms with Crippen molar-refractivity contribution in [1.29, 1.82) is 0 Å². The molecule has 0 spiro atoms. The molecule has 0 saturated carbocycles. The van der Waals surface area contributed by atoms with Gasteiger partial charge in [0, 0.05) is 34.8 Å². The quantitative estimate of drug-likeness (QED) is 0.398. The van der Waals surface area contributed by atoms with Crippen LogP contribution in [0.4, 0.5) is 5.69 Å². The second-order valence-electron chi connectivity index (χ2n) is 4.18. The predicted molar refractivity (Wildman–Crippen MR) is 71.3 cm³/mol. The van der Waals surface area contributed by atoms with Crippen molar-refractivity contribution in [1.82, 2.24) is 4.57 Å². The van der Waals surface area contributed by atoms with E-state index in [1.807, 2.05) is 24.5 Å². The number of benzene rings is 1. The Hall–Kier alpha value is -2.63. The van der Waals surface area contributed by atoms with E-state index in [4.69, 9.17) is 5.21 Å². The van der Waals surface area contributed by atoms with Gasteiger partial charge in [0.15, 0.2) is 0 Å². The molecule has 1 heterocycles. The molecule has 0 atom stereocenters. The monoisotopic (exact) mass is 259 g/mol. The first-order valence-corrected chi connectivity index (χ1v) is 5.66. The molecule has 1 aromatic heterocycles. The fourth-order valence-electron chi connectivity index (χ4n) is 2.10. The normalized spacial score (nSPS) is 11.1. The van der Waals surface area contributed by atoms with E-state index >= 15 is 0 Å². The maximum atomic E-state index is 10.6. The Bertz CT molecular complexity index is 642. The zero-order valence-electron chi connectivity index (χ0n) is 10.6. The van der Waals surface area contributed by atoms with Gasteiger partial charge in [-0.2, -0.15) is 0 Å². The number of nitro benzene ring substituents is 1. The fraction of sp³-hybridized carbons (Fsp3) is 0.154. The summed E-state index contributed by atoms with van der Waals surface area (Å²) >= 11 is 0. The summed E-state index contributed by atoms with van der Waals surface area (Å²) in [7, 11) is 0. The number of oxime groups is 1. The van der Waals surface area contributed by atoms with Gasteiger partial charge in [0.1, 0.15) is 0 Å². The molecular formula is C13H13N3O3. The topological polar surface area (TPSA) is 80.7 Å². The fourth-order valence-corrected chi connectivity index (χ4v) is 2.10. The van der Waals surface area contributed by atoms with E-state index in [2.05, 4.69) is 5.16 Å². The first kappa shape index (κ1) is 12.8. The maximum absolute atomic E-state index is 10.6. The van der Waals surface area contributed by atoms with E-state index in [0.29, 0.717) is 0 Å². The molecule has 98 valence electrons. The third-order valence-electron chi connectivity index (χ3n) is 2.99. The van der Waals surface area contributed by atoms with Gasteiger partial charge in [-0.05, 0) is 32.0 Å². The molecule has 6 heteroatoms. The molecule has 0 radical (unpaired) electrons. The molecule has 0 amide bonds. The minimum atomic E-state index is -0.428. The van der Waals surface area contributed by atoms with Gasteiger partial charge < -0.3 is 9.77 Å². The Morgan fingerprint density at radius 1 is 1.32 bits per heavy atom. The predicted octanol–water partition coefficient (Wildman–Crippen LogP) is 2.81. The van der Waals surface area contributed by atoms with Crippen molar-refractivity contribution >= 4 is 11.9 Å². The number of nitro groups is 1. The zero-order valence-corrected chi connectivity index (χ0v) is 10.6. The molecule has 0 aliphatic carbocycles. The highest BCUT2D eigenvalue weighted by Crippen LogP contribution is 2.21. The molecule has 0 aliphatic rings. The molecule has 19 heavy (non-hydrogen) atoms. The number of nitrogens with zero attached hydrogens (tertiary/aromatic N) is 3. The standard InChI is InChI=1S/C13H13N3O3/c1-9-7-11(8-14-17)10(2)15(9)12-3-5-13(6-4-12)16(18)19/h3-8,17H,1-2H3/b14-8-. The lowest BCUT2D eigenvalue weighted by molar-refractivity contribution is -0.384. The average molecular weight is 259 g/mol. The van der Waals surface area contributed by atoms with Gasteiger partial charge in [0.25, 0.3) is 5.69 Å². The highest BCUT2D eigenvalue weighted by Gasteiger charge is 2.11. The van der Waals surface area contributed by atoms with Crippen molar-refractivity contribution in [2.75, 3.05) is 0 Å². The number of aryl methyl sites for hydroxylation is 1. The molecule has 0 aliphatic heterocycles. The average Bonchev–Trinajstić information content (AvgIpc) is 2.65. The van der Waals surface area contributed by atoms with Crippen LogP contribution in [0.3, 0.4) is 0 Å². The summed E-state index contributed by atoms with van der Waals surface area (Å²) in [5.74, 6) is 0. The largest absolute Gasteiger partial charge is 0.411 e. The van der Waals surface area contributed by atoms with Crippen molar-refractivity contribution in [2.45, 2.75) is 13.8 Å². The molecule has 6 nitrogen and oxygen atoms in total. The SMILES string of the molecule is Cc1cc(/C=N\O)c(C)n1-c1ccc([N+](=O)[O-])cc1. The van der Waals surface area contributed by atoms with E-state index in [1.165, 1.54) is 18.3 Å². The molecule has 0 unspecified atom stereocenters. The van der Waals surface area contributed by atoms with Crippen LogP contribution in [0.5, 0.6) is 0 Å². The Morgan fingerprint density at radius 3 is 2.47 bits per heavy atom. The second-order valence-corrected chi connectivity index (χ2v) is 4.18. The number of non-ortho nitro benzene ring substituents is 1. The summed E-state index contributed by atoms with van der Waals surface area (Å²) in [4.78, 5) is 10.2. The van der Waals surface area contributed by atoms with E-state index in [-0.39, 0.29) is 5.69 Å². The van der Waals surface area contributed by atoms with Gasteiger partial charge in [0.05, 0.1) is 11.1 Å². The lowest BCUT2D eigenvalue weighted by atomic mass is 10.2. The van der Waals surface area contributed by atoms with Crippen LogP contribution >= 0.6 is 0 Å². The summed E-state index contributed by atoms with van der Waals surface area (Å²) in [5.41, 5.74) is 3.56. The summed E-state index contributed by atoms with van der Waals surface area (Å²) < 4.78 is 1.95. The van der Waals surface area contributed by atoms with Crippen molar-refractivity contribution in [2.24, 2.45) is 5.16 Å². The second kappa shape index (κ2) is 4.93. The summed E-state index contributed by atoms with van der Waals surface area (Å²) in [6.07, 6.45) is 1.37. The van der Waals surface area contributed by atoms with E-state index in [1.54, 1.807) is 12.1 Å². The van der Waals surface area contributed by atoms with Gasteiger partial charge >= 0.3 is 0 Å². The molecular weight excluding hydrogens is 246 g/mol. The molecule has 0 fully saturated rings. The van der Waals surface area contributed by atoms with Crippen LogP contribution in [0.25, 0.3) is 5.69 Å². The van der Waals surface area contributed by atoms with Gasteiger partial charge in [0.2, 0.25) is 0 Å². The van der Waals surface area contributed by atoms with E-state index < -0.39 is 4.92 Å². The molecule has 0 bridgehead atoms. The van der Waals surface area contributed by atoms with Crippen LogP contribution in [-0.2, 0) is 0 Å². The maximum Gasteiger partial charge on any atom is 0.269 e. The van der Waals surface area contributed by atoms with Gasteiger partial charge in [-0.25, -0.2) is 0 Å². The number of rotatable bonds is 3. The van der Waals surface area contributed by atoms with Gasteiger partial charge in [-0.1, -0.05) is 5.16 Å². The number of hydrogen-bond donors (Lipinski definition) is 1. The Balaban J connectivity index is 2.50. The Labute approximate surface area is 109 Å². The Kier molecular flexibility index (Phi) is 3.33. The molecule has 0 saturated heterocycles. The van der Waals surface area contributed by atoms with Crippen LogP contribution in [0.2, 0.25) is 0 Å². The highest BCUT2D eigenvalue weighted by atomic mass is 16.6. The third kappa shape index (κ3) is 2.33. The smallest absolute Gasteiger partial charge is 0.269 e. The van der Waals surface area contributed by atoms with Crippen LogP contribution < -0.4 is 0 Å². The Morgan fingerprint density at radius 2 is 1.95 bits per heavy atom. The minimum absolute atomic E-state index is 0.0587.